The van der Waals surface area contributed by atoms with Crippen LogP contribution in [0.5, 0.6) is 0 Å². The van der Waals surface area contributed by atoms with Gasteiger partial charge < -0.3 is 15.4 Å². The third-order valence-electron chi connectivity index (χ3n) is 4.33. The van der Waals surface area contributed by atoms with E-state index in [9.17, 15) is 4.79 Å². The molecule has 2 N–H and O–H groups in total. The molecule has 0 spiro atoms. The van der Waals surface area contributed by atoms with E-state index in [0.717, 1.165) is 18.4 Å². The van der Waals surface area contributed by atoms with Gasteiger partial charge in [0.25, 0.3) is 0 Å². The summed E-state index contributed by atoms with van der Waals surface area (Å²) in [4.78, 5) is 11.7. The van der Waals surface area contributed by atoms with Gasteiger partial charge in [0.15, 0.2) is 0 Å². The molecule has 0 aromatic carbocycles. The summed E-state index contributed by atoms with van der Waals surface area (Å²) in [5.41, 5.74) is 0. The van der Waals surface area contributed by atoms with Crippen LogP contribution in [0.25, 0.3) is 0 Å². The number of hydrogen-bond acceptors (Lipinski definition) is 3. The van der Waals surface area contributed by atoms with Crippen molar-refractivity contribution in [1.82, 2.24) is 10.6 Å². The maximum atomic E-state index is 11.7. The molecule has 1 amide bonds. The summed E-state index contributed by atoms with van der Waals surface area (Å²) in [6.45, 7) is 8.08. The zero-order valence-corrected chi connectivity index (χ0v) is 15.3. The van der Waals surface area contributed by atoms with Crippen molar-refractivity contribution in [2.24, 2.45) is 5.92 Å². The summed E-state index contributed by atoms with van der Waals surface area (Å²) in [5.74, 6) is 0.820. The maximum Gasteiger partial charge on any atom is 0.407 e. The van der Waals surface area contributed by atoms with Gasteiger partial charge in [-0.25, -0.2) is 4.79 Å². The Kier molecular flexibility index (Phi) is 8.33. The third-order valence-corrected chi connectivity index (χ3v) is 6.03. The number of ether oxygens (including phenoxy) is 1. The van der Waals surface area contributed by atoms with Gasteiger partial charge in [0.1, 0.15) is 0 Å². The van der Waals surface area contributed by atoms with Crippen LogP contribution >= 0.6 is 0 Å². The lowest BCUT2D eigenvalue weighted by Crippen LogP contribution is -2.41. The van der Waals surface area contributed by atoms with Crippen LogP contribution in [-0.2, 0) is 4.74 Å². The first-order valence-electron chi connectivity index (χ1n) is 8.48. The number of nitrogens with one attached hydrogen (secondary N) is 2. The molecular formula is C16H34N2O2Si. The first kappa shape index (κ1) is 18.5. The quantitative estimate of drug-likeness (QED) is 0.673. The molecule has 4 nitrogen and oxygen atoms in total. The monoisotopic (exact) mass is 314 g/mol. The molecule has 0 aromatic heterocycles. The number of amides is 1. The van der Waals surface area contributed by atoms with E-state index in [1.165, 1.54) is 32.1 Å². The van der Waals surface area contributed by atoms with E-state index < -0.39 is 8.07 Å². The van der Waals surface area contributed by atoms with Gasteiger partial charge in [0.2, 0.25) is 0 Å². The second-order valence-electron chi connectivity index (χ2n) is 7.55. The Bertz CT molecular complexity index is 299. The molecule has 0 saturated heterocycles. The molecule has 1 aliphatic rings. The number of rotatable bonds is 8. The van der Waals surface area contributed by atoms with Crippen molar-refractivity contribution >= 4 is 14.2 Å². The molecule has 0 bridgehead atoms. The highest BCUT2D eigenvalue weighted by molar-refractivity contribution is 6.76. The van der Waals surface area contributed by atoms with Gasteiger partial charge in [-0.1, -0.05) is 51.7 Å². The van der Waals surface area contributed by atoms with Crippen LogP contribution in [0.4, 0.5) is 4.79 Å². The van der Waals surface area contributed by atoms with Crippen LogP contribution in [0.3, 0.4) is 0 Å². The lowest BCUT2D eigenvalue weighted by atomic mass is 9.85. The Morgan fingerprint density at radius 3 is 2.48 bits per heavy atom. The molecule has 0 aromatic rings. The number of carbonyl (C=O) groups is 1. The highest BCUT2D eigenvalue weighted by atomic mass is 28.3. The molecule has 1 atom stereocenters. The van der Waals surface area contributed by atoms with Gasteiger partial charge in [-0.05, 0) is 25.4 Å². The van der Waals surface area contributed by atoms with Crippen molar-refractivity contribution in [3.05, 3.63) is 0 Å². The smallest absolute Gasteiger partial charge is 0.407 e. The Balaban J connectivity index is 2.16. The van der Waals surface area contributed by atoms with Crippen LogP contribution in [0.1, 0.15) is 38.5 Å². The largest absolute Gasteiger partial charge is 0.450 e. The van der Waals surface area contributed by atoms with E-state index in [2.05, 4.69) is 30.3 Å². The van der Waals surface area contributed by atoms with E-state index in [4.69, 9.17) is 4.74 Å². The molecule has 1 saturated carbocycles. The van der Waals surface area contributed by atoms with Gasteiger partial charge in [0.05, 0.1) is 6.61 Å². The van der Waals surface area contributed by atoms with Crippen molar-refractivity contribution < 1.29 is 9.53 Å². The normalized spacial score (nSPS) is 18.3. The molecule has 1 unspecified atom stereocenters. The summed E-state index contributed by atoms with van der Waals surface area (Å²) in [5, 5.41) is 6.22. The molecule has 0 heterocycles. The lowest BCUT2D eigenvalue weighted by molar-refractivity contribution is 0.150. The highest BCUT2D eigenvalue weighted by Gasteiger charge is 2.19. The minimum absolute atomic E-state index is 0.267. The van der Waals surface area contributed by atoms with Crippen molar-refractivity contribution in [3.8, 4) is 0 Å². The van der Waals surface area contributed by atoms with Crippen molar-refractivity contribution in [1.29, 1.82) is 0 Å². The molecule has 21 heavy (non-hydrogen) atoms. The summed E-state index contributed by atoms with van der Waals surface area (Å²) in [7, 11) is 0.855. The van der Waals surface area contributed by atoms with Gasteiger partial charge in [-0.2, -0.15) is 0 Å². The summed E-state index contributed by atoms with van der Waals surface area (Å²) < 4.78 is 5.26. The van der Waals surface area contributed by atoms with Crippen LogP contribution in [0.2, 0.25) is 25.7 Å². The van der Waals surface area contributed by atoms with Gasteiger partial charge in [-0.3, -0.25) is 0 Å². The Morgan fingerprint density at radius 1 is 1.24 bits per heavy atom. The molecular weight excluding hydrogens is 280 g/mol. The molecule has 5 heteroatoms. The predicted molar refractivity (Wildman–Crippen MR) is 91.5 cm³/mol. The van der Waals surface area contributed by atoms with Crippen LogP contribution in [0, 0.1) is 5.92 Å². The van der Waals surface area contributed by atoms with Gasteiger partial charge >= 0.3 is 6.09 Å². The highest BCUT2D eigenvalue weighted by Crippen LogP contribution is 2.27. The number of carbonyl (C=O) groups excluding carboxylic acids is 1. The number of hydrogen-bond donors (Lipinski definition) is 2. The van der Waals surface area contributed by atoms with E-state index in [0.29, 0.717) is 19.2 Å². The number of alkyl carbamates (subject to hydrolysis) is 1. The Morgan fingerprint density at radius 2 is 1.90 bits per heavy atom. The van der Waals surface area contributed by atoms with Crippen LogP contribution in [-0.4, -0.2) is 40.4 Å². The fourth-order valence-electron chi connectivity index (χ4n) is 2.84. The average Bonchev–Trinajstić information content (AvgIpc) is 2.43. The topological polar surface area (TPSA) is 50.4 Å². The van der Waals surface area contributed by atoms with Crippen molar-refractivity contribution in [2.75, 3.05) is 20.2 Å². The van der Waals surface area contributed by atoms with Gasteiger partial charge in [0, 0.05) is 20.7 Å². The fraction of sp³-hybridized carbons (Fsp3) is 0.938. The van der Waals surface area contributed by atoms with Crippen LogP contribution < -0.4 is 10.6 Å². The van der Waals surface area contributed by atoms with E-state index >= 15 is 0 Å². The van der Waals surface area contributed by atoms with Crippen LogP contribution in [0.15, 0.2) is 0 Å². The lowest BCUT2D eigenvalue weighted by Gasteiger charge is -2.26. The number of likely N-dealkylation sites (N-methyl/N-ethyl adjacent to an activating group) is 1. The second kappa shape index (κ2) is 9.46. The van der Waals surface area contributed by atoms with E-state index in [1.54, 1.807) is 0 Å². The fourth-order valence-corrected chi connectivity index (χ4v) is 3.55. The average molecular weight is 315 g/mol. The van der Waals surface area contributed by atoms with E-state index in [1.807, 2.05) is 7.05 Å². The molecule has 1 aliphatic carbocycles. The zero-order valence-electron chi connectivity index (χ0n) is 14.3. The van der Waals surface area contributed by atoms with Crippen molar-refractivity contribution in [3.63, 3.8) is 0 Å². The summed E-state index contributed by atoms with van der Waals surface area (Å²) in [6, 6.07) is 1.38. The summed E-state index contributed by atoms with van der Waals surface area (Å²) in [6.07, 6.45) is 7.71. The first-order chi connectivity index (χ1) is 9.90. The molecule has 1 fully saturated rings. The zero-order chi connectivity index (χ0) is 15.7. The first-order valence-corrected chi connectivity index (χ1v) is 12.2. The van der Waals surface area contributed by atoms with Gasteiger partial charge in [-0.15, -0.1) is 0 Å². The minimum Gasteiger partial charge on any atom is -0.450 e. The minimum atomic E-state index is -1.12. The second-order valence-corrected chi connectivity index (χ2v) is 13.2. The standard InChI is InChI=1S/C16H34N2O2Si/c1-17-15(12-14-8-6-5-7-9-14)13-18-16(19)20-10-11-21(2,3)4/h14-15,17H,5-13H2,1-4H3,(H,18,19). The third kappa shape index (κ3) is 9.14. The van der Waals surface area contributed by atoms with Crippen molar-refractivity contribution in [2.45, 2.75) is 70.3 Å². The summed E-state index contributed by atoms with van der Waals surface area (Å²) >= 11 is 0. The molecule has 124 valence electrons. The van der Waals surface area contributed by atoms with E-state index in [-0.39, 0.29) is 6.09 Å². The Labute approximate surface area is 131 Å². The SMILES string of the molecule is CNC(CNC(=O)OCC[Si](C)(C)C)CC1CCCCC1. The molecule has 1 rings (SSSR count). The molecule has 0 aliphatic heterocycles. The maximum absolute atomic E-state index is 11.7. The molecule has 0 radical (unpaired) electrons. The predicted octanol–water partition coefficient (Wildman–Crippen LogP) is 3.61. The Hall–Kier alpha value is -0.553.